The third-order valence-corrected chi connectivity index (χ3v) is 14.0. The number of piperazine rings is 1. The van der Waals surface area contributed by atoms with Crippen LogP contribution in [-0.4, -0.2) is 139 Å². The van der Waals surface area contributed by atoms with E-state index in [9.17, 15) is 19.5 Å². The van der Waals surface area contributed by atoms with Crippen molar-refractivity contribution >= 4 is 46.4 Å². The van der Waals surface area contributed by atoms with Gasteiger partial charge in [-0.15, -0.1) is 10.2 Å². The second-order valence-electron chi connectivity index (χ2n) is 17.8. The number of phenolic OH excluding ortho intramolecular Hbond substituents is 1. The van der Waals surface area contributed by atoms with Crippen LogP contribution >= 0.6 is 0 Å². The highest BCUT2D eigenvalue weighted by molar-refractivity contribution is 6.02. The predicted octanol–water partition coefficient (Wildman–Crippen LogP) is 4.26. The zero-order valence-electron chi connectivity index (χ0n) is 35.8. The van der Waals surface area contributed by atoms with E-state index in [0.29, 0.717) is 69.3 Å². The maximum absolute atomic E-state index is 13.8. The molecule has 5 saturated heterocycles. The van der Waals surface area contributed by atoms with Crippen molar-refractivity contribution in [3.8, 4) is 22.8 Å². The molecule has 16 nitrogen and oxygen atoms in total. The highest BCUT2D eigenvalue weighted by Crippen LogP contribution is 2.40. The number of nitrogens with zero attached hydrogens (tertiary/aromatic N) is 8. The molecule has 6 aliphatic heterocycles. The number of aromatic hydroxyl groups is 1. The fraction of sp³-hybridized carbons (Fsp3) is 0.468. The molecule has 0 spiro atoms. The Morgan fingerprint density at radius 1 is 0.825 bits per heavy atom. The molecule has 10 rings (SSSR count). The summed E-state index contributed by atoms with van der Waals surface area (Å²) in [6, 6.07) is 23.8. The molecule has 16 heteroatoms. The van der Waals surface area contributed by atoms with Crippen LogP contribution in [0.2, 0.25) is 0 Å². The Labute approximate surface area is 367 Å². The maximum Gasteiger partial charge on any atom is 0.319 e. The van der Waals surface area contributed by atoms with Gasteiger partial charge in [0.2, 0.25) is 11.8 Å². The number of phenols is 1. The number of anilines is 5. The molecule has 3 atom stereocenters. The second-order valence-corrected chi connectivity index (χ2v) is 17.8. The first-order valence-corrected chi connectivity index (χ1v) is 22.5. The number of amides is 4. The largest absolute Gasteiger partial charge is 0.507 e. The minimum atomic E-state index is -0.311. The number of carbonyl (C=O) groups is 3. The van der Waals surface area contributed by atoms with Crippen LogP contribution in [0.1, 0.15) is 44.1 Å². The number of aromatic nitrogens is 2. The smallest absolute Gasteiger partial charge is 0.319 e. The lowest BCUT2D eigenvalue weighted by Gasteiger charge is -2.51. The fourth-order valence-corrected chi connectivity index (χ4v) is 10.7. The van der Waals surface area contributed by atoms with E-state index in [1.165, 1.54) is 11.3 Å². The van der Waals surface area contributed by atoms with Crippen molar-refractivity contribution in [3.63, 3.8) is 0 Å². The van der Waals surface area contributed by atoms with E-state index in [1.807, 2.05) is 41.1 Å². The summed E-state index contributed by atoms with van der Waals surface area (Å²) in [5.41, 5.74) is 13.0. The van der Waals surface area contributed by atoms with Crippen LogP contribution in [0, 0.1) is 0 Å². The van der Waals surface area contributed by atoms with Crippen LogP contribution in [0.25, 0.3) is 11.3 Å². The van der Waals surface area contributed by atoms with Gasteiger partial charge in [-0.05, 0) is 68.1 Å². The number of piperidine rings is 3. The summed E-state index contributed by atoms with van der Waals surface area (Å²) >= 11 is 0. The normalized spacial score (nSPS) is 23.1. The summed E-state index contributed by atoms with van der Waals surface area (Å²) in [5, 5.41) is 21.5. The molecular weight excluding hydrogens is 801 g/mol. The molecule has 0 saturated carbocycles. The number of para-hydroxylation sites is 1. The number of ether oxygens (including phenoxy) is 2. The number of hydrogen-bond acceptors (Lipinski definition) is 13. The standard InChI is InChI=1S/C47H56N10O6/c1-52(30-14-19-53(20-15-30)39-9-5-10-40-37(39)18-23-56(40)41-12-13-44(59)49-46(41)60)47(61)54-21-16-34(17-22-54)63-35-7-4-6-31(24-35)57-32-26-55(27-33(57)29-62-28-32)42-25-38(50-51-45(42)48)36-8-2-3-11-43(36)58/h2-11,24-25,30,32-34,41,58H,12-23,26-29H2,1H3,(H2,48,51)(H,49,59,60)/t32-,33+,41-/m1/s1. The number of hydrogen-bond donors (Lipinski definition) is 3. The third kappa shape index (κ3) is 8.00. The lowest BCUT2D eigenvalue weighted by Crippen LogP contribution is -2.65. The summed E-state index contributed by atoms with van der Waals surface area (Å²) in [7, 11) is 1.95. The molecule has 6 aliphatic rings. The molecule has 4 N–H and O–H groups in total. The molecule has 1 aromatic heterocycles. The van der Waals surface area contributed by atoms with E-state index in [0.717, 1.165) is 74.6 Å². The number of nitrogens with one attached hydrogen (secondary N) is 1. The Morgan fingerprint density at radius 2 is 1.57 bits per heavy atom. The van der Waals surface area contributed by atoms with E-state index in [-0.39, 0.29) is 53.9 Å². The number of rotatable bonds is 8. The van der Waals surface area contributed by atoms with Gasteiger partial charge in [-0.2, -0.15) is 0 Å². The number of likely N-dealkylation sites (tertiary alicyclic amines) is 1. The van der Waals surface area contributed by atoms with E-state index < -0.39 is 0 Å². The van der Waals surface area contributed by atoms with Gasteiger partial charge in [-0.25, -0.2) is 4.79 Å². The van der Waals surface area contributed by atoms with Crippen molar-refractivity contribution in [1.29, 1.82) is 0 Å². The van der Waals surface area contributed by atoms with Crippen LogP contribution in [-0.2, 0) is 20.7 Å². The zero-order chi connectivity index (χ0) is 43.2. The first kappa shape index (κ1) is 40.8. The van der Waals surface area contributed by atoms with Crippen LogP contribution in [0.3, 0.4) is 0 Å². The number of carbonyl (C=O) groups excluding carboxylic acids is 3. The molecule has 0 radical (unpaired) electrons. The van der Waals surface area contributed by atoms with Crippen molar-refractivity contribution in [1.82, 2.24) is 25.3 Å². The average Bonchev–Trinajstić information content (AvgIpc) is 3.73. The van der Waals surface area contributed by atoms with Crippen molar-refractivity contribution in [2.75, 3.05) is 91.4 Å². The number of urea groups is 1. The van der Waals surface area contributed by atoms with Gasteiger partial charge < -0.3 is 49.7 Å². The zero-order valence-corrected chi connectivity index (χ0v) is 35.8. The molecule has 3 aromatic carbocycles. The van der Waals surface area contributed by atoms with E-state index in [1.54, 1.807) is 12.1 Å². The number of imide groups is 1. The van der Waals surface area contributed by atoms with E-state index in [2.05, 4.69) is 71.5 Å². The number of nitrogens with two attached hydrogens (primary N) is 1. The summed E-state index contributed by atoms with van der Waals surface area (Å²) in [6.45, 7) is 6.28. The van der Waals surface area contributed by atoms with Gasteiger partial charge in [0.1, 0.15) is 23.6 Å². The molecule has 7 heterocycles. The highest BCUT2D eigenvalue weighted by atomic mass is 16.5. The molecule has 0 unspecified atom stereocenters. The van der Waals surface area contributed by atoms with Crippen molar-refractivity contribution in [2.45, 2.75) is 75.2 Å². The minimum absolute atomic E-state index is 0.0106. The number of benzene rings is 3. The number of morpholine rings is 1. The Kier molecular flexibility index (Phi) is 11.1. The van der Waals surface area contributed by atoms with Gasteiger partial charge in [0.05, 0.1) is 36.7 Å². The Bertz CT molecular complexity index is 2350. The molecule has 330 valence electrons. The van der Waals surface area contributed by atoms with Crippen LogP contribution in [0.5, 0.6) is 11.5 Å². The van der Waals surface area contributed by atoms with Crippen molar-refractivity contribution in [2.24, 2.45) is 0 Å². The second kappa shape index (κ2) is 17.1. The quantitative estimate of drug-likeness (QED) is 0.215. The lowest BCUT2D eigenvalue weighted by atomic mass is 10.0. The van der Waals surface area contributed by atoms with Gasteiger partial charge in [0.25, 0.3) is 0 Å². The minimum Gasteiger partial charge on any atom is -0.507 e. The Morgan fingerprint density at radius 3 is 2.33 bits per heavy atom. The van der Waals surface area contributed by atoms with Gasteiger partial charge in [-0.3, -0.25) is 14.9 Å². The van der Waals surface area contributed by atoms with Gasteiger partial charge >= 0.3 is 6.03 Å². The van der Waals surface area contributed by atoms with E-state index >= 15 is 0 Å². The molecule has 4 aromatic rings. The third-order valence-electron chi connectivity index (χ3n) is 14.0. The fourth-order valence-electron chi connectivity index (χ4n) is 10.7. The van der Waals surface area contributed by atoms with Gasteiger partial charge in [0, 0.05) is 112 Å². The first-order valence-electron chi connectivity index (χ1n) is 22.5. The lowest BCUT2D eigenvalue weighted by molar-refractivity contribution is -0.134. The summed E-state index contributed by atoms with van der Waals surface area (Å²) in [5.74, 6) is 0.933. The average molecular weight is 857 g/mol. The van der Waals surface area contributed by atoms with E-state index in [4.69, 9.17) is 15.2 Å². The Hall–Kier alpha value is -6.29. The van der Waals surface area contributed by atoms with Crippen LogP contribution < -0.4 is 35.4 Å². The summed E-state index contributed by atoms with van der Waals surface area (Å²) < 4.78 is 12.7. The molecular formula is C47H56N10O6. The predicted molar refractivity (Wildman–Crippen MR) is 240 cm³/mol. The van der Waals surface area contributed by atoms with Gasteiger partial charge in [-0.1, -0.05) is 24.3 Å². The van der Waals surface area contributed by atoms with Gasteiger partial charge in [0.15, 0.2) is 5.82 Å². The van der Waals surface area contributed by atoms with Crippen LogP contribution in [0.4, 0.5) is 33.4 Å². The summed E-state index contributed by atoms with van der Waals surface area (Å²) in [4.78, 5) is 51.5. The molecule has 63 heavy (non-hydrogen) atoms. The molecule has 0 aliphatic carbocycles. The van der Waals surface area contributed by atoms with Crippen molar-refractivity contribution < 1.29 is 29.0 Å². The topological polar surface area (TPSA) is 173 Å². The number of nitrogen functional groups attached to an aromatic ring is 1. The number of fused-ring (bicyclic) bond motifs is 3. The molecule has 2 bridgehead atoms. The Balaban J connectivity index is 0.719. The molecule has 5 fully saturated rings. The molecule has 4 amide bonds. The van der Waals surface area contributed by atoms with Crippen molar-refractivity contribution in [3.05, 3.63) is 78.4 Å². The first-order chi connectivity index (χ1) is 30.7. The summed E-state index contributed by atoms with van der Waals surface area (Å²) in [6.07, 6.45) is 5.10. The monoisotopic (exact) mass is 856 g/mol. The maximum atomic E-state index is 13.8. The SMILES string of the molecule is CN(C(=O)N1CCC(Oc2cccc(N3[C@@H]4COC[C@H]3CN(c3cc(-c5ccccc5O)nnc3N)C4)c2)CC1)C1CCN(c2cccc3c2CCN3[C@@H]2CCC(=O)NC2=O)CC1. The highest BCUT2D eigenvalue weighted by Gasteiger charge is 2.40. The van der Waals surface area contributed by atoms with Crippen LogP contribution in [0.15, 0.2) is 72.8 Å².